The van der Waals surface area contributed by atoms with Crippen LogP contribution in [-0.4, -0.2) is 27.8 Å². The van der Waals surface area contributed by atoms with Gasteiger partial charge in [-0.3, -0.25) is 4.79 Å². The van der Waals surface area contributed by atoms with Crippen LogP contribution in [0.5, 0.6) is 0 Å². The molecule has 1 unspecified atom stereocenters. The summed E-state index contributed by atoms with van der Waals surface area (Å²) in [6, 6.07) is 0.748. The van der Waals surface area contributed by atoms with E-state index in [0.29, 0.717) is 23.4 Å². The van der Waals surface area contributed by atoms with E-state index in [0.717, 1.165) is 12.8 Å². The van der Waals surface area contributed by atoms with Crippen molar-refractivity contribution in [2.75, 3.05) is 6.61 Å². The van der Waals surface area contributed by atoms with E-state index >= 15 is 0 Å². The van der Waals surface area contributed by atoms with E-state index in [2.05, 4.69) is 10.1 Å². The molecule has 0 bridgehead atoms. The van der Waals surface area contributed by atoms with Gasteiger partial charge in [0.15, 0.2) is 5.76 Å². The Hall–Kier alpha value is -2.32. The molecule has 8 heteroatoms. The molecule has 0 fully saturated rings. The lowest BCUT2D eigenvalue weighted by Crippen LogP contribution is -2.18. The molecule has 25 heavy (non-hydrogen) atoms. The third-order valence-electron chi connectivity index (χ3n) is 3.80. The molecule has 2 rings (SSSR count). The highest BCUT2D eigenvalue weighted by molar-refractivity contribution is 5.74. The van der Waals surface area contributed by atoms with Crippen molar-refractivity contribution in [2.24, 2.45) is 5.73 Å². The summed E-state index contributed by atoms with van der Waals surface area (Å²) in [6.07, 6.45) is 2.89. The summed E-state index contributed by atoms with van der Waals surface area (Å²) in [6.45, 7) is 3.48. The van der Waals surface area contributed by atoms with Crippen molar-refractivity contribution in [1.29, 1.82) is 0 Å². The lowest BCUT2D eigenvalue weighted by molar-refractivity contribution is -0.144. The first-order valence-corrected chi connectivity index (χ1v) is 8.11. The number of carbonyl (C=O) groups excluding carboxylic acids is 1. The van der Waals surface area contributed by atoms with Crippen LogP contribution in [0.4, 0.5) is 4.39 Å². The van der Waals surface area contributed by atoms with E-state index in [1.165, 1.54) is 6.20 Å². The molecular formula is C17H22FN3O4. The van der Waals surface area contributed by atoms with Crippen molar-refractivity contribution < 1.29 is 23.6 Å². The number of aliphatic hydroxyl groups is 1. The SMILES string of the molecule is CCCCOC(=O)CC(N)c1onc(C)c1-c1ccnc(F)c1CO. The number of unbranched alkanes of at least 4 members (excludes halogenated alkanes) is 1. The molecule has 3 N–H and O–H groups in total. The van der Waals surface area contributed by atoms with E-state index in [1.54, 1.807) is 13.0 Å². The van der Waals surface area contributed by atoms with E-state index < -0.39 is 24.6 Å². The molecule has 7 nitrogen and oxygen atoms in total. The maximum absolute atomic E-state index is 13.9. The number of ether oxygens (including phenoxy) is 1. The van der Waals surface area contributed by atoms with E-state index in [4.69, 9.17) is 15.0 Å². The summed E-state index contributed by atoms with van der Waals surface area (Å²) in [5, 5.41) is 13.3. The van der Waals surface area contributed by atoms with Crippen LogP contribution in [0.25, 0.3) is 11.1 Å². The molecule has 0 aliphatic heterocycles. The van der Waals surface area contributed by atoms with Crippen molar-refractivity contribution in [3.63, 3.8) is 0 Å². The topological polar surface area (TPSA) is 111 Å². The van der Waals surface area contributed by atoms with Gasteiger partial charge in [-0.05, 0) is 25.0 Å². The third kappa shape index (κ3) is 4.40. The van der Waals surface area contributed by atoms with Crippen LogP contribution in [-0.2, 0) is 16.1 Å². The van der Waals surface area contributed by atoms with Crippen molar-refractivity contribution in [3.05, 3.63) is 35.2 Å². The van der Waals surface area contributed by atoms with Crippen molar-refractivity contribution >= 4 is 5.97 Å². The van der Waals surface area contributed by atoms with E-state index in [9.17, 15) is 14.3 Å². The first-order valence-electron chi connectivity index (χ1n) is 8.11. The fourth-order valence-electron chi connectivity index (χ4n) is 2.48. The minimum absolute atomic E-state index is 0.0211. The number of aromatic nitrogens is 2. The Morgan fingerprint density at radius 1 is 1.52 bits per heavy atom. The molecule has 0 saturated heterocycles. The summed E-state index contributed by atoms with van der Waals surface area (Å²) < 4.78 is 24.2. The highest BCUT2D eigenvalue weighted by Crippen LogP contribution is 2.34. The van der Waals surface area contributed by atoms with Crippen LogP contribution in [0, 0.1) is 12.9 Å². The quantitative estimate of drug-likeness (QED) is 0.427. The first kappa shape index (κ1) is 19.0. The maximum Gasteiger partial charge on any atom is 0.307 e. The van der Waals surface area contributed by atoms with Crippen LogP contribution in [0.2, 0.25) is 0 Å². The zero-order valence-electron chi connectivity index (χ0n) is 14.3. The minimum atomic E-state index is -0.798. The second-order valence-corrected chi connectivity index (χ2v) is 5.68. The van der Waals surface area contributed by atoms with Crippen LogP contribution >= 0.6 is 0 Å². The van der Waals surface area contributed by atoms with Gasteiger partial charge >= 0.3 is 5.97 Å². The molecule has 1 atom stereocenters. The molecule has 2 heterocycles. The smallest absolute Gasteiger partial charge is 0.307 e. The average Bonchev–Trinajstić information content (AvgIpc) is 2.96. The number of carbonyl (C=O) groups is 1. The third-order valence-corrected chi connectivity index (χ3v) is 3.80. The lowest BCUT2D eigenvalue weighted by atomic mass is 9.96. The number of esters is 1. The van der Waals surface area contributed by atoms with E-state index in [1.807, 2.05) is 6.92 Å². The molecule has 2 aromatic rings. The predicted octanol–water partition coefficient (Wildman–Crippen LogP) is 2.41. The second-order valence-electron chi connectivity index (χ2n) is 5.68. The van der Waals surface area contributed by atoms with Crippen LogP contribution in [0.3, 0.4) is 0 Å². The highest BCUT2D eigenvalue weighted by Gasteiger charge is 2.26. The van der Waals surface area contributed by atoms with Crippen molar-refractivity contribution in [2.45, 2.75) is 45.8 Å². The lowest BCUT2D eigenvalue weighted by Gasteiger charge is -2.12. The van der Waals surface area contributed by atoms with Gasteiger partial charge in [-0.15, -0.1) is 0 Å². The number of halogens is 1. The summed E-state index contributed by atoms with van der Waals surface area (Å²) in [7, 11) is 0. The van der Waals surface area contributed by atoms with Gasteiger partial charge in [0.25, 0.3) is 0 Å². The summed E-state index contributed by atoms with van der Waals surface area (Å²) >= 11 is 0. The molecule has 0 aliphatic rings. The van der Waals surface area contributed by atoms with Gasteiger partial charge in [0, 0.05) is 17.3 Å². The summed E-state index contributed by atoms with van der Waals surface area (Å²) in [5.41, 5.74) is 7.42. The molecule has 136 valence electrons. The molecule has 0 aromatic carbocycles. The Morgan fingerprint density at radius 2 is 2.28 bits per heavy atom. The largest absolute Gasteiger partial charge is 0.466 e. The number of aryl methyl sites for hydroxylation is 1. The molecule has 0 spiro atoms. The predicted molar refractivity (Wildman–Crippen MR) is 87.8 cm³/mol. The van der Waals surface area contributed by atoms with Crippen LogP contribution < -0.4 is 5.73 Å². The number of aliphatic hydroxyl groups excluding tert-OH is 1. The standard InChI is InChI=1S/C17H22FN3O4/c1-3-4-7-24-14(23)8-13(19)16-15(10(2)21-25-16)11-5-6-20-17(18)12(11)9-22/h5-6,13,22H,3-4,7-9,19H2,1-2H3. The Morgan fingerprint density at radius 3 is 2.96 bits per heavy atom. The zero-order chi connectivity index (χ0) is 18.4. The van der Waals surface area contributed by atoms with Gasteiger partial charge in [-0.2, -0.15) is 4.39 Å². The molecular weight excluding hydrogens is 329 g/mol. The summed E-state index contributed by atoms with van der Waals surface area (Å²) in [5.74, 6) is -0.978. The number of hydrogen-bond donors (Lipinski definition) is 2. The van der Waals surface area contributed by atoms with Crippen LogP contribution in [0.15, 0.2) is 16.8 Å². The molecule has 0 radical (unpaired) electrons. The molecule has 2 aromatic heterocycles. The Labute approximate surface area is 145 Å². The Kier molecular flexibility index (Phi) is 6.60. The second kappa shape index (κ2) is 8.68. The van der Waals surface area contributed by atoms with Crippen molar-refractivity contribution in [1.82, 2.24) is 10.1 Å². The van der Waals surface area contributed by atoms with Gasteiger partial charge in [-0.25, -0.2) is 4.98 Å². The monoisotopic (exact) mass is 351 g/mol. The number of rotatable bonds is 8. The van der Waals surface area contributed by atoms with E-state index in [-0.39, 0.29) is 17.7 Å². The van der Waals surface area contributed by atoms with Crippen molar-refractivity contribution in [3.8, 4) is 11.1 Å². The van der Waals surface area contributed by atoms with Gasteiger partial charge in [0.05, 0.1) is 31.4 Å². The first-order chi connectivity index (χ1) is 12.0. The average molecular weight is 351 g/mol. The number of nitrogens with zero attached hydrogens (tertiary/aromatic N) is 2. The Bertz CT molecular complexity index is 733. The summed E-state index contributed by atoms with van der Waals surface area (Å²) in [4.78, 5) is 15.4. The minimum Gasteiger partial charge on any atom is -0.466 e. The molecule has 0 aliphatic carbocycles. The highest BCUT2D eigenvalue weighted by atomic mass is 19.1. The van der Waals surface area contributed by atoms with Gasteiger partial charge in [0.1, 0.15) is 0 Å². The fourth-order valence-corrected chi connectivity index (χ4v) is 2.48. The molecule has 0 saturated carbocycles. The number of hydrogen-bond acceptors (Lipinski definition) is 7. The zero-order valence-corrected chi connectivity index (χ0v) is 14.3. The van der Waals surface area contributed by atoms with Gasteiger partial charge in [0.2, 0.25) is 5.95 Å². The molecule has 0 amide bonds. The number of pyridine rings is 1. The van der Waals surface area contributed by atoms with Crippen LogP contribution in [0.1, 0.15) is 49.2 Å². The van der Waals surface area contributed by atoms with Gasteiger partial charge in [-0.1, -0.05) is 18.5 Å². The fraction of sp³-hybridized carbons (Fsp3) is 0.471. The number of nitrogens with two attached hydrogens (primary N) is 1. The normalized spacial score (nSPS) is 12.2. The maximum atomic E-state index is 13.9. The van der Waals surface area contributed by atoms with Gasteiger partial charge < -0.3 is 20.1 Å². The Balaban J connectivity index is 2.27.